The molecule has 0 aromatic carbocycles. The van der Waals surface area contributed by atoms with Gasteiger partial charge in [-0.05, 0) is 24.7 Å². The lowest BCUT2D eigenvalue weighted by atomic mass is 9.85. The van der Waals surface area contributed by atoms with Crippen LogP contribution in [0.5, 0.6) is 0 Å². The Bertz CT molecular complexity index is 435. The molecule has 2 fully saturated rings. The molecule has 130 valence electrons. The normalized spacial score (nSPS) is 31.3. The summed E-state index contributed by atoms with van der Waals surface area (Å²) < 4.78 is 15.7. The van der Waals surface area contributed by atoms with E-state index in [0.29, 0.717) is 11.8 Å². The van der Waals surface area contributed by atoms with Crippen LogP contribution in [0.4, 0.5) is 0 Å². The first-order valence-corrected chi connectivity index (χ1v) is 10.3. The van der Waals surface area contributed by atoms with Crippen LogP contribution in [0.3, 0.4) is 0 Å². The molecular formula is C17H28O5Si. The lowest BCUT2D eigenvalue weighted by molar-refractivity contribution is -0.123. The van der Waals surface area contributed by atoms with Crippen molar-refractivity contribution in [1.29, 1.82) is 0 Å². The lowest BCUT2D eigenvalue weighted by Crippen LogP contribution is -2.42. The van der Waals surface area contributed by atoms with Gasteiger partial charge in [0.05, 0.1) is 6.42 Å². The van der Waals surface area contributed by atoms with Crippen LogP contribution < -0.4 is 0 Å². The number of hydrogen-bond donors (Lipinski definition) is 0. The number of allylic oxidation sites excluding steroid dienone is 2. The molecule has 0 saturated heterocycles. The molecule has 0 amide bonds. The van der Waals surface area contributed by atoms with Crippen LogP contribution in [0.1, 0.15) is 32.6 Å². The molecule has 0 spiro atoms. The number of rotatable bonds is 6. The van der Waals surface area contributed by atoms with Gasteiger partial charge in [0.2, 0.25) is 0 Å². The summed E-state index contributed by atoms with van der Waals surface area (Å²) in [6.07, 6.45) is 7.76. The van der Waals surface area contributed by atoms with Crippen molar-refractivity contribution in [3.8, 4) is 0 Å². The molecule has 3 aliphatic rings. The Morgan fingerprint density at radius 1 is 1.00 bits per heavy atom. The number of hydrogen-bond acceptors (Lipinski definition) is 5. The molecule has 3 rings (SSSR count). The number of ketones is 2. The zero-order valence-corrected chi connectivity index (χ0v) is 15.5. The van der Waals surface area contributed by atoms with Crippen molar-refractivity contribution in [3.05, 3.63) is 12.2 Å². The van der Waals surface area contributed by atoms with Gasteiger partial charge < -0.3 is 13.3 Å². The van der Waals surface area contributed by atoms with Gasteiger partial charge in [0.15, 0.2) is 0 Å². The SMILES string of the molecule is CCCC[Si](OC)(OC)OC.O=C1CC(=O)C2C3C=CC(C3)C12. The zero-order chi connectivity index (χ0) is 17.0. The average molecular weight is 340 g/mol. The minimum Gasteiger partial charge on any atom is -0.377 e. The van der Waals surface area contributed by atoms with E-state index in [1.54, 1.807) is 21.3 Å². The first-order valence-electron chi connectivity index (χ1n) is 8.41. The number of Topliss-reactive ketones (excluding diaryl/α,β-unsaturated/α-hetero) is 2. The summed E-state index contributed by atoms with van der Waals surface area (Å²) in [7, 11) is 2.70. The third kappa shape index (κ3) is 3.65. The monoisotopic (exact) mass is 340 g/mol. The lowest BCUT2D eigenvalue weighted by Gasteiger charge is -2.23. The van der Waals surface area contributed by atoms with Gasteiger partial charge in [0.1, 0.15) is 11.6 Å². The molecule has 0 N–H and O–H groups in total. The summed E-state index contributed by atoms with van der Waals surface area (Å²) in [4.78, 5) is 22.8. The van der Waals surface area contributed by atoms with Crippen LogP contribution in [-0.4, -0.2) is 41.7 Å². The Hall–Kier alpha value is -0.823. The van der Waals surface area contributed by atoms with Gasteiger partial charge in [-0.2, -0.15) is 0 Å². The third-order valence-corrected chi connectivity index (χ3v) is 8.15. The van der Waals surface area contributed by atoms with E-state index < -0.39 is 8.80 Å². The quantitative estimate of drug-likeness (QED) is 0.422. The van der Waals surface area contributed by atoms with Gasteiger partial charge in [-0.25, -0.2) is 0 Å². The number of unbranched alkanes of at least 4 members (excludes halogenated alkanes) is 1. The number of carbonyl (C=O) groups excluding carboxylic acids is 2. The van der Waals surface area contributed by atoms with Crippen molar-refractivity contribution in [1.82, 2.24) is 0 Å². The summed E-state index contributed by atoms with van der Waals surface area (Å²) >= 11 is 0. The molecule has 4 unspecified atom stereocenters. The minimum absolute atomic E-state index is 0.0764. The fourth-order valence-corrected chi connectivity index (χ4v) is 5.96. The maximum absolute atomic E-state index is 11.4. The predicted molar refractivity (Wildman–Crippen MR) is 88.8 cm³/mol. The Labute approximate surface area is 139 Å². The van der Waals surface area contributed by atoms with Crippen LogP contribution in [-0.2, 0) is 22.9 Å². The summed E-state index contributed by atoms with van der Waals surface area (Å²) in [6.45, 7) is 2.14. The van der Waals surface area contributed by atoms with Gasteiger partial charge >= 0.3 is 8.80 Å². The molecule has 5 nitrogen and oxygen atoms in total. The van der Waals surface area contributed by atoms with Gasteiger partial charge in [0, 0.05) is 39.2 Å². The topological polar surface area (TPSA) is 61.8 Å². The van der Waals surface area contributed by atoms with Crippen molar-refractivity contribution in [2.75, 3.05) is 21.3 Å². The Morgan fingerprint density at radius 2 is 1.48 bits per heavy atom. The molecule has 4 atom stereocenters. The van der Waals surface area contributed by atoms with Gasteiger partial charge in [-0.3, -0.25) is 9.59 Å². The number of fused-ring (bicyclic) bond motifs is 5. The predicted octanol–water partition coefficient (Wildman–Crippen LogP) is 2.63. The van der Waals surface area contributed by atoms with Crippen LogP contribution >= 0.6 is 0 Å². The standard InChI is InChI=1S/C10H10O2.C7H18O3Si/c11-7-4-8(12)10-6-2-1-5(3-6)9(7)10;1-5-6-7-11(8-2,9-3)10-4/h1-2,5-6,9-10H,3-4H2;5-7H2,1-4H3. The van der Waals surface area contributed by atoms with Crippen LogP contribution in [0, 0.1) is 23.7 Å². The second-order valence-electron chi connectivity index (χ2n) is 6.51. The molecular weight excluding hydrogens is 312 g/mol. The summed E-state index contributed by atoms with van der Waals surface area (Å²) in [6, 6.07) is 0.910. The largest absolute Gasteiger partial charge is 0.500 e. The van der Waals surface area contributed by atoms with Gasteiger partial charge in [-0.1, -0.05) is 25.5 Å². The highest BCUT2D eigenvalue weighted by Crippen LogP contribution is 2.52. The second-order valence-corrected chi connectivity index (χ2v) is 9.60. The van der Waals surface area contributed by atoms with Gasteiger partial charge in [-0.15, -0.1) is 0 Å². The fraction of sp³-hybridized carbons (Fsp3) is 0.765. The van der Waals surface area contributed by atoms with Crippen LogP contribution in [0.2, 0.25) is 6.04 Å². The fourth-order valence-electron chi connectivity index (χ4n) is 4.06. The highest BCUT2D eigenvalue weighted by Gasteiger charge is 2.55. The van der Waals surface area contributed by atoms with E-state index in [0.717, 1.165) is 25.3 Å². The van der Waals surface area contributed by atoms with Crippen LogP contribution in [0.25, 0.3) is 0 Å². The van der Waals surface area contributed by atoms with Gasteiger partial charge in [0.25, 0.3) is 0 Å². The molecule has 3 aliphatic carbocycles. The van der Waals surface area contributed by atoms with E-state index in [1.807, 2.05) is 0 Å². The molecule has 0 aromatic heterocycles. The zero-order valence-electron chi connectivity index (χ0n) is 14.5. The molecule has 0 radical (unpaired) electrons. The highest BCUT2D eigenvalue weighted by atomic mass is 28.4. The Balaban J connectivity index is 0.000000168. The minimum atomic E-state index is -2.24. The average Bonchev–Trinajstić information content (AvgIpc) is 3.25. The van der Waals surface area contributed by atoms with E-state index in [-0.39, 0.29) is 29.8 Å². The van der Waals surface area contributed by atoms with E-state index in [9.17, 15) is 9.59 Å². The van der Waals surface area contributed by atoms with Crippen molar-refractivity contribution in [3.63, 3.8) is 0 Å². The Morgan fingerprint density at radius 3 is 1.87 bits per heavy atom. The molecule has 0 aromatic rings. The van der Waals surface area contributed by atoms with E-state index in [2.05, 4.69) is 19.1 Å². The molecule has 2 bridgehead atoms. The number of carbonyl (C=O) groups is 2. The molecule has 0 aliphatic heterocycles. The Kier molecular flexibility index (Phi) is 6.31. The molecule has 0 heterocycles. The summed E-state index contributed by atoms with van der Waals surface area (Å²) in [5.74, 6) is 1.35. The van der Waals surface area contributed by atoms with Crippen LogP contribution in [0.15, 0.2) is 12.2 Å². The maximum atomic E-state index is 11.4. The van der Waals surface area contributed by atoms with Crippen molar-refractivity contribution >= 4 is 20.4 Å². The highest BCUT2D eigenvalue weighted by molar-refractivity contribution is 6.60. The second kappa shape index (κ2) is 7.83. The van der Waals surface area contributed by atoms with E-state index in [1.165, 1.54) is 0 Å². The third-order valence-electron chi connectivity index (χ3n) is 5.32. The van der Waals surface area contributed by atoms with E-state index >= 15 is 0 Å². The van der Waals surface area contributed by atoms with Crippen molar-refractivity contribution in [2.45, 2.75) is 38.7 Å². The van der Waals surface area contributed by atoms with Crippen molar-refractivity contribution in [2.24, 2.45) is 23.7 Å². The maximum Gasteiger partial charge on any atom is 0.500 e. The first kappa shape index (κ1) is 18.5. The molecule has 2 saturated carbocycles. The molecule has 23 heavy (non-hydrogen) atoms. The first-order chi connectivity index (χ1) is 11.0. The summed E-state index contributed by atoms with van der Waals surface area (Å²) in [5.41, 5.74) is 0. The molecule has 6 heteroatoms. The van der Waals surface area contributed by atoms with Crippen molar-refractivity contribution < 1.29 is 22.9 Å². The van der Waals surface area contributed by atoms with E-state index in [4.69, 9.17) is 13.3 Å². The smallest absolute Gasteiger partial charge is 0.377 e. The summed E-state index contributed by atoms with van der Waals surface area (Å²) in [5, 5.41) is 0.